The average Bonchev–Trinajstić information content (AvgIpc) is 3.28. The van der Waals surface area contributed by atoms with E-state index < -0.39 is 45.8 Å². The summed E-state index contributed by atoms with van der Waals surface area (Å²) in [6.45, 7) is 5.42. The van der Waals surface area contributed by atoms with E-state index in [9.17, 15) is 26.4 Å². The Bertz CT molecular complexity index is 1190. The van der Waals surface area contributed by atoms with Crippen molar-refractivity contribution in [2.45, 2.75) is 24.9 Å². The number of carbonyl (C=O) groups excluding carboxylic acids is 1. The van der Waals surface area contributed by atoms with Gasteiger partial charge in [0.1, 0.15) is 24.6 Å². The van der Waals surface area contributed by atoms with Crippen LogP contribution in [0.5, 0.6) is 0 Å². The van der Waals surface area contributed by atoms with Gasteiger partial charge in [-0.1, -0.05) is 19.9 Å². The summed E-state index contributed by atoms with van der Waals surface area (Å²) in [4.78, 5) is 17.9. The molecule has 10 nitrogen and oxygen atoms in total. The molecule has 0 bridgehead atoms. The summed E-state index contributed by atoms with van der Waals surface area (Å²) in [6, 6.07) is 5.56. The maximum atomic E-state index is 13.0. The number of hydrogen-bond donors (Lipinski definition) is 1. The van der Waals surface area contributed by atoms with Gasteiger partial charge in [0.2, 0.25) is 5.89 Å². The van der Waals surface area contributed by atoms with Crippen molar-refractivity contribution in [3.63, 3.8) is 0 Å². The van der Waals surface area contributed by atoms with Gasteiger partial charge in [0, 0.05) is 18.4 Å². The van der Waals surface area contributed by atoms with E-state index in [0.717, 1.165) is 19.3 Å². The standard InChI is InChI=1S/C21H26F3N5O5S/c1-4-29(5-2)9-10-33-18(30)13-26-16(12-17(25)21(22,23)24)20-28-27-19(34-20)14-7-6-8-15(11-14)35(3,31)32/h6-8,11-12H,4-5,9-10,13,25H2,1-3H3. The summed E-state index contributed by atoms with van der Waals surface area (Å²) >= 11 is 0. The molecule has 2 rings (SSSR count). The fraction of sp³-hybridized carbons (Fsp3) is 0.429. The number of aromatic nitrogens is 2. The zero-order valence-corrected chi connectivity index (χ0v) is 20.2. The van der Waals surface area contributed by atoms with E-state index in [4.69, 9.17) is 14.9 Å². The number of alkyl halides is 3. The zero-order chi connectivity index (χ0) is 26.2. The van der Waals surface area contributed by atoms with E-state index in [0.29, 0.717) is 12.6 Å². The number of esters is 1. The first-order valence-corrected chi connectivity index (χ1v) is 12.4. The Morgan fingerprint density at radius 3 is 2.54 bits per heavy atom. The normalized spacial score (nSPS) is 13.3. The Kier molecular flexibility index (Phi) is 9.54. The third-order valence-corrected chi connectivity index (χ3v) is 5.83. The van der Waals surface area contributed by atoms with Gasteiger partial charge in [-0.3, -0.25) is 9.79 Å². The highest BCUT2D eigenvalue weighted by atomic mass is 32.2. The summed E-state index contributed by atoms with van der Waals surface area (Å²) in [5.41, 5.74) is 3.34. The summed E-state index contributed by atoms with van der Waals surface area (Å²) in [5, 5.41) is 7.43. The molecule has 1 aromatic carbocycles. The molecule has 2 aromatic rings. The number of nitrogens with zero attached hydrogens (tertiary/aromatic N) is 4. The minimum absolute atomic E-state index is 0.0164. The van der Waals surface area contributed by atoms with Crippen LogP contribution in [0.15, 0.2) is 50.3 Å². The molecule has 0 amide bonds. The number of benzene rings is 1. The smallest absolute Gasteiger partial charge is 0.430 e. The van der Waals surface area contributed by atoms with Crippen LogP contribution in [0.1, 0.15) is 19.7 Å². The van der Waals surface area contributed by atoms with Gasteiger partial charge in [-0.15, -0.1) is 10.2 Å². The van der Waals surface area contributed by atoms with Crippen LogP contribution in [0.3, 0.4) is 0 Å². The quantitative estimate of drug-likeness (QED) is 0.351. The van der Waals surface area contributed by atoms with Crippen LogP contribution in [-0.4, -0.2) is 80.4 Å². The molecular weight excluding hydrogens is 491 g/mol. The highest BCUT2D eigenvalue weighted by Crippen LogP contribution is 2.24. The zero-order valence-electron chi connectivity index (χ0n) is 19.4. The topological polar surface area (TPSA) is 141 Å². The molecule has 0 fully saturated rings. The van der Waals surface area contributed by atoms with Gasteiger partial charge in [0.25, 0.3) is 5.89 Å². The minimum Gasteiger partial charge on any atom is -0.463 e. The van der Waals surface area contributed by atoms with Gasteiger partial charge >= 0.3 is 12.1 Å². The molecule has 0 radical (unpaired) electrons. The Labute approximate surface area is 200 Å². The molecule has 2 N–H and O–H groups in total. The number of rotatable bonds is 11. The highest BCUT2D eigenvalue weighted by molar-refractivity contribution is 7.90. The molecule has 0 saturated heterocycles. The highest BCUT2D eigenvalue weighted by Gasteiger charge is 2.32. The molecule has 14 heteroatoms. The molecule has 0 unspecified atom stereocenters. The lowest BCUT2D eigenvalue weighted by Gasteiger charge is -2.17. The van der Waals surface area contributed by atoms with Crippen molar-refractivity contribution in [1.82, 2.24) is 15.1 Å². The number of halogens is 3. The number of allylic oxidation sites excluding steroid dienone is 2. The Morgan fingerprint density at radius 1 is 1.26 bits per heavy atom. The van der Waals surface area contributed by atoms with Crippen LogP contribution < -0.4 is 5.73 Å². The van der Waals surface area contributed by atoms with Gasteiger partial charge in [-0.05, 0) is 37.4 Å². The number of sulfone groups is 1. The lowest BCUT2D eigenvalue weighted by molar-refractivity contribution is -0.142. The molecule has 35 heavy (non-hydrogen) atoms. The predicted molar refractivity (Wildman–Crippen MR) is 121 cm³/mol. The van der Waals surface area contributed by atoms with E-state index in [1.165, 1.54) is 24.3 Å². The van der Waals surface area contributed by atoms with Gasteiger partial charge < -0.3 is 19.8 Å². The van der Waals surface area contributed by atoms with Crippen molar-refractivity contribution in [1.29, 1.82) is 0 Å². The second kappa shape index (κ2) is 11.9. The molecule has 0 aliphatic rings. The molecule has 1 aromatic heterocycles. The number of aliphatic imine (C=N–C) groups is 1. The lowest BCUT2D eigenvalue weighted by Crippen LogP contribution is -2.28. The van der Waals surface area contributed by atoms with Gasteiger partial charge in [0.05, 0.1) is 4.90 Å². The third kappa shape index (κ3) is 8.47. The maximum absolute atomic E-state index is 13.0. The van der Waals surface area contributed by atoms with E-state index in [2.05, 4.69) is 15.2 Å². The Balaban J connectivity index is 2.29. The van der Waals surface area contributed by atoms with Crippen molar-refractivity contribution in [2.75, 3.05) is 39.0 Å². The molecule has 1 heterocycles. The van der Waals surface area contributed by atoms with Crippen LogP contribution in [0.2, 0.25) is 0 Å². The minimum atomic E-state index is -4.86. The van der Waals surface area contributed by atoms with Crippen LogP contribution in [0, 0.1) is 0 Å². The van der Waals surface area contributed by atoms with Crippen LogP contribution in [0.4, 0.5) is 13.2 Å². The average molecular weight is 518 g/mol. The first-order valence-electron chi connectivity index (χ1n) is 10.5. The van der Waals surface area contributed by atoms with Crippen molar-refractivity contribution in [3.8, 4) is 11.5 Å². The van der Waals surface area contributed by atoms with Crippen molar-refractivity contribution >= 4 is 21.5 Å². The lowest BCUT2D eigenvalue weighted by atomic mass is 10.2. The Hall–Kier alpha value is -3.26. The SMILES string of the molecule is CCN(CC)CCOC(=O)CN=C(C=C(N)C(F)(F)F)c1nnc(-c2cccc(S(C)(=O)=O)c2)o1. The van der Waals surface area contributed by atoms with Gasteiger partial charge in [-0.25, -0.2) is 8.42 Å². The molecule has 0 saturated carbocycles. The van der Waals surface area contributed by atoms with E-state index in [1.54, 1.807) is 0 Å². The van der Waals surface area contributed by atoms with E-state index in [-0.39, 0.29) is 23.0 Å². The largest absolute Gasteiger partial charge is 0.463 e. The number of carbonyl (C=O) groups is 1. The van der Waals surface area contributed by atoms with Crippen LogP contribution in [0.25, 0.3) is 11.5 Å². The molecule has 0 aliphatic heterocycles. The summed E-state index contributed by atoms with van der Waals surface area (Å²) in [5.74, 6) is -1.39. The molecule has 0 spiro atoms. The van der Waals surface area contributed by atoms with Crippen molar-refractivity contribution in [3.05, 3.63) is 41.9 Å². The van der Waals surface area contributed by atoms with Gasteiger partial charge in [-0.2, -0.15) is 13.2 Å². The number of nitrogens with two attached hydrogens (primary N) is 1. The maximum Gasteiger partial charge on any atom is 0.430 e. The molecule has 0 atom stereocenters. The summed E-state index contributed by atoms with van der Waals surface area (Å²) in [7, 11) is -3.53. The first kappa shape index (κ1) is 28.0. The van der Waals surface area contributed by atoms with Crippen molar-refractivity contribution < 1.29 is 35.5 Å². The van der Waals surface area contributed by atoms with Crippen molar-refractivity contribution in [2.24, 2.45) is 10.7 Å². The number of ether oxygens (including phenoxy) is 1. The van der Waals surface area contributed by atoms with E-state index in [1.807, 2.05) is 18.7 Å². The molecular formula is C21H26F3N5O5S. The van der Waals surface area contributed by atoms with Crippen LogP contribution in [-0.2, 0) is 19.4 Å². The predicted octanol–water partition coefficient (Wildman–Crippen LogP) is 2.22. The van der Waals surface area contributed by atoms with Crippen LogP contribution >= 0.6 is 0 Å². The first-order chi connectivity index (χ1) is 16.3. The monoisotopic (exact) mass is 517 g/mol. The summed E-state index contributed by atoms with van der Waals surface area (Å²) < 4.78 is 73.0. The number of hydrogen-bond acceptors (Lipinski definition) is 10. The fourth-order valence-electron chi connectivity index (χ4n) is 2.73. The van der Waals surface area contributed by atoms with E-state index >= 15 is 0 Å². The summed E-state index contributed by atoms with van der Waals surface area (Å²) in [6.07, 6.45) is -3.38. The second-order valence-corrected chi connectivity index (χ2v) is 9.27. The third-order valence-electron chi connectivity index (χ3n) is 4.72. The fourth-order valence-corrected chi connectivity index (χ4v) is 3.40. The second-order valence-electron chi connectivity index (χ2n) is 7.26. The van der Waals surface area contributed by atoms with Gasteiger partial charge in [0.15, 0.2) is 9.84 Å². The molecule has 192 valence electrons. The molecule has 0 aliphatic carbocycles. The Morgan fingerprint density at radius 2 is 1.94 bits per heavy atom. The number of likely N-dealkylation sites (N-methyl/N-ethyl adjacent to an activating group) is 1.